The number of anilines is 1. The smallest absolute Gasteiger partial charge is 0.319 e. The van der Waals surface area contributed by atoms with Gasteiger partial charge in [0.25, 0.3) is 0 Å². The van der Waals surface area contributed by atoms with Gasteiger partial charge in [-0.3, -0.25) is 4.98 Å². The first-order valence-corrected chi connectivity index (χ1v) is 7.35. The molecule has 2 aromatic heterocycles. The van der Waals surface area contributed by atoms with Crippen LogP contribution in [0.4, 0.5) is 10.5 Å². The average molecular weight is 307 g/mol. The number of pyridine rings is 1. The number of para-hydroxylation sites is 1. The molecule has 0 spiro atoms. The van der Waals surface area contributed by atoms with E-state index < -0.39 is 0 Å². The van der Waals surface area contributed by atoms with Crippen LogP contribution in [-0.4, -0.2) is 27.3 Å². The molecule has 3 rings (SSSR count). The van der Waals surface area contributed by atoms with Gasteiger partial charge in [0.15, 0.2) is 0 Å². The normalized spacial score (nSPS) is 10.3. The van der Waals surface area contributed by atoms with Gasteiger partial charge in [-0.25, -0.2) is 9.48 Å². The molecule has 0 radical (unpaired) electrons. The van der Waals surface area contributed by atoms with E-state index in [1.807, 2.05) is 47.4 Å². The van der Waals surface area contributed by atoms with Crippen molar-refractivity contribution in [2.24, 2.45) is 0 Å². The molecular weight excluding hydrogens is 290 g/mol. The van der Waals surface area contributed by atoms with E-state index >= 15 is 0 Å². The van der Waals surface area contributed by atoms with Crippen LogP contribution >= 0.6 is 0 Å². The Labute approximate surface area is 134 Å². The summed E-state index contributed by atoms with van der Waals surface area (Å²) in [6.07, 6.45) is 7.76. The lowest BCUT2D eigenvalue weighted by Gasteiger charge is -2.06. The van der Waals surface area contributed by atoms with Crippen LogP contribution in [-0.2, 0) is 6.42 Å². The fourth-order valence-electron chi connectivity index (χ4n) is 2.14. The first-order chi connectivity index (χ1) is 11.3. The fourth-order valence-corrected chi connectivity index (χ4v) is 2.14. The molecule has 0 saturated heterocycles. The van der Waals surface area contributed by atoms with Gasteiger partial charge in [0.2, 0.25) is 0 Å². The first-order valence-electron chi connectivity index (χ1n) is 7.35. The SMILES string of the molecule is O=C(NCCc1cnn(-c2ccccc2)c1)Nc1cccnc1. The minimum atomic E-state index is -0.242. The summed E-state index contributed by atoms with van der Waals surface area (Å²) in [6.45, 7) is 0.534. The largest absolute Gasteiger partial charge is 0.338 e. The highest BCUT2D eigenvalue weighted by Gasteiger charge is 2.03. The van der Waals surface area contributed by atoms with Crippen LogP contribution in [0.3, 0.4) is 0 Å². The van der Waals surface area contributed by atoms with Gasteiger partial charge >= 0.3 is 6.03 Å². The quantitative estimate of drug-likeness (QED) is 0.761. The molecule has 3 aromatic rings. The van der Waals surface area contributed by atoms with E-state index in [4.69, 9.17) is 0 Å². The van der Waals surface area contributed by atoms with Crippen molar-refractivity contribution in [3.05, 3.63) is 72.8 Å². The third kappa shape index (κ3) is 4.16. The van der Waals surface area contributed by atoms with E-state index in [9.17, 15) is 4.79 Å². The summed E-state index contributed by atoms with van der Waals surface area (Å²) >= 11 is 0. The number of nitrogens with zero attached hydrogens (tertiary/aromatic N) is 3. The highest BCUT2D eigenvalue weighted by Crippen LogP contribution is 2.08. The van der Waals surface area contributed by atoms with Crippen molar-refractivity contribution in [1.82, 2.24) is 20.1 Å². The van der Waals surface area contributed by atoms with E-state index in [-0.39, 0.29) is 6.03 Å². The Morgan fingerprint density at radius 2 is 1.96 bits per heavy atom. The zero-order chi connectivity index (χ0) is 15.9. The van der Waals surface area contributed by atoms with E-state index in [0.717, 1.165) is 11.3 Å². The lowest BCUT2D eigenvalue weighted by atomic mass is 10.2. The minimum absolute atomic E-state index is 0.242. The Hall–Kier alpha value is -3.15. The van der Waals surface area contributed by atoms with Crippen LogP contribution < -0.4 is 10.6 Å². The van der Waals surface area contributed by atoms with Crippen molar-refractivity contribution in [1.29, 1.82) is 0 Å². The van der Waals surface area contributed by atoms with Gasteiger partial charge in [-0.05, 0) is 36.2 Å². The van der Waals surface area contributed by atoms with Gasteiger partial charge in [-0.1, -0.05) is 18.2 Å². The van der Waals surface area contributed by atoms with E-state index in [1.54, 1.807) is 24.5 Å². The summed E-state index contributed by atoms with van der Waals surface area (Å²) in [5.74, 6) is 0. The van der Waals surface area contributed by atoms with Gasteiger partial charge in [0, 0.05) is 18.9 Å². The number of rotatable bonds is 5. The predicted molar refractivity (Wildman–Crippen MR) is 88.5 cm³/mol. The maximum absolute atomic E-state index is 11.8. The molecular formula is C17H17N5O. The van der Waals surface area contributed by atoms with Gasteiger partial charge < -0.3 is 10.6 Å². The number of hydrogen-bond donors (Lipinski definition) is 2. The molecule has 0 fully saturated rings. The number of amides is 2. The Kier molecular flexibility index (Phi) is 4.63. The standard InChI is InChI=1S/C17H17N5O/c23-17(21-15-5-4-9-18-12-15)19-10-8-14-11-20-22(13-14)16-6-2-1-3-7-16/h1-7,9,11-13H,8,10H2,(H2,19,21,23). The third-order valence-corrected chi connectivity index (χ3v) is 3.28. The van der Waals surface area contributed by atoms with Crippen LogP contribution in [0.1, 0.15) is 5.56 Å². The van der Waals surface area contributed by atoms with Crippen molar-refractivity contribution in [3.8, 4) is 5.69 Å². The van der Waals surface area contributed by atoms with Crippen LogP contribution in [0.15, 0.2) is 67.3 Å². The summed E-state index contributed by atoms with van der Waals surface area (Å²) in [6, 6.07) is 13.2. The second-order valence-electron chi connectivity index (χ2n) is 5.00. The molecule has 1 aromatic carbocycles. The molecule has 2 heterocycles. The predicted octanol–water partition coefficient (Wildman–Crippen LogP) is 2.63. The number of hydrogen-bond acceptors (Lipinski definition) is 3. The zero-order valence-electron chi connectivity index (χ0n) is 12.5. The third-order valence-electron chi connectivity index (χ3n) is 3.28. The van der Waals surface area contributed by atoms with Crippen molar-refractivity contribution in [2.75, 3.05) is 11.9 Å². The molecule has 6 nitrogen and oxygen atoms in total. The lowest BCUT2D eigenvalue weighted by molar-refractivity contribution is 0.252. The summed E-state index contributed by atoms with van der Waals surface area (Å²) < 4.78 is 1.82. The molecule has 2 amide bonds. The second kappa shape index (κ2) is 7.22. The Morgan fingerprint density at radius 3 is 2.74 bits per heavy atom. The number of aromatic nitrogens is 3. The van der Waals surface area contributed by atoms with Crippen molar-refractivity contribution in [3.63, 3.8) is 0 Å². The lowest BCUT2D eigenvalue weighted by Crippen LogP contribution is -2.30. The Morgan fingerprint density at radius 1 is 1.09 bits per heavy atom. The maximum atomic E-state index is 11.8. The number of benzene rings is 1. The monoisotopic (exact) mass is 307 g/mol. The van der Waals surface area contributed by atoms with Crippen molar-refractivity contribution >= 4 is 11.7 Å². The molecule has 0 aliphatic rings. The molecule has 0 aliphatic heterocycles. The summed E-state index contributed by atoms with van der Waals surface area (Å²) in [7, 11) is 0. The zero-order valence-corrected chi connectivity index (χ0v) is 12.5. The van der Waals surface area contributed by atoms with Crippen LogP contribution in [0.25, 0.3) is 5.69 Å². The van der Waals surface area contributed by atoms with Gasteiger partial charge in [0.1, 0.15) is 0 Å². The highest BCUT2D eigenvalue weighted by molar-refractivity contribution is 5.88. The summed E-state index contributed by atoms with van der Waals surface area (Å²) in [5, 5.41) is 9.87. The first kappa shape index (κ1) is 14.8. The molecule has 116 valence electrons. The van der Waals surface area contributed by atoms with E-state index in [1.165, 1.54) is 0 Å². The molecule has 0 atom stereocenters. The molecule has 0 unspecified atom stereocenters. The van der Waals surface area contributed by atoms with Crippen molar-refractivity contribution in [2.45, 2.75) is 6.42 Å². The number of carbonyl (C=O) groups excluding carboxylic acids is 1. The Balaban J connectivity index is 1.48. The average Bonchev–Trinajstić information content (AvgIpc) is 3.05. The molecule has 6 heteroatoms. The van der Waals surface area contributed by atoms with Gasteiger partial charge in [-0.2, -0.15) is 5.10 Å². The fraction of sp³-hybridized carbons (Fsp3) is 0.118. The van der Waals surface area contributed by atoms with Gasteiger partial charge in [-0.15, -0.1) is 0 Å². The van der Waals surface area contributed by atoms with Crippen molar-refractivity contribution < 1.29 is 4.79 Å². The maximum Gasteiger partial charge on any atom is 0.319 e. The topological polar surface area (TPSA) is 71.8 Å². The second-order valence-corrected chi connectivity index (χ2v) is 5.00. The molecule has 0 saturated carbocycles. The number of carbonyl (C=O) groups is 1. The van der Waals surface area contributed by atoms with Crippen LogP contribution in [0, 0.1) is 0 Å². The molecule has 0 aliphatic carbocycles. The van der Waals surface area contributed by atoms with Crippen LogP contribution in [0.2, 0.25) is 0 Å². The minimum Gasteiger partial charge on any atom is -0.338 e. The summed E-state index contributed by atoms with van der Waals surface area (Å²) in [5.41, 5.74) is 2.75. The summed E-state index contributed by atoms with van der Waals surface area (Å²) in [4.78, 5) is 15.7. The number of nitrogens with one attached hydrogen (secondary N) is 2. The number of urea groups is 1. The highest BCUT2D eigenvalue weighted by atomic mass is 16.2. The van der Waals surface area contributed by atoms with Gasteiger partial charge in [0.05, 0.1) is 23.8 Å². The Bertz CT molecular complexity index is 755. The molecule has 2 N–H and O–H groups in total. The molecule has 23 heavy (non-hydrogen) atoms. The van der Waals surface area contributed by atoms with E-state index in [0.29, 0.717) is 18.7 Å². The van der Waals surface area contributed by atoms with Crippen LogP contribution in [0.5, 0.6) is 0 Å². The van der Waals surface area contributed by atoms with E-state index in [2.05, 4.69) is 20.7 Å². The molecule has 0 bridgehead atoms.